The Labute approximate surface area is 164 Å². The van der Waals surface area contributed by atoms with Crippen molar-refractivity contribution in [2.45, 2.75) is 31.4 Å². The highest BCUT2D eigenvalue weighted by molar-refractivity contribution is 6.01. The summed E-state index contributed by atoms with van der Waals surface area (Å²) in [6.45, 7) is 2.36. The summed E-state index contributed by atoms with van der Waals surface area (Å²) in [4.78, 5) is 27.1. The predicted molar refractivity (Wildman–Crippen MR) is 104 cm³/mol. The van der Waals surface area contributed by atoms with Crippen LogP contribution in [0.4, 0.5) is 0 Å². The Morgan fingerprint density at radius 2 is 1.96 bits per heavy atom. The zero-order chi connectivity index (χ0) is 19.9. The molecule has 0 saturated carbocycles. The topological polar surface area (TPSA) is 81.9 Å². The highest BCUT2D eigenvalue weighted by Gasteiger charge is 2.55. The summed E-state index contributed by atoms with van der Waals surface area (Å²) >= 11 is 0. The summed E-state index contributed by atoms with van der Waals surface area (Å²) in [5.74, 6) is -0.452. The van der Waals surface area contributed by atoms with Gasteiger partial charge < -0.3 is 20.1 Å². The second kappa shape index (κ2) is 6.86. The number of likely N-dealkylation sites (tertiary alicyclic amines) is 1. The smallest absolute Gasteiger partial charge is 0.238 e. The van der Waals surface area contributed by atoms with E-state index in [0.717, 1.165) is 22.6 Å². The Bertz CT molecular complexity index is 911. The highest BCUT2D eigenvalue weighted by atomic mass is 16.5. The van der Waals surface area contributed by atoms with E-state index in [2.05, 4.69) is 0 Å². The van der Waals surface area contributed by atoms with Crippen molar-refractivity contribution in [1.82, 2.24) is 4.90 Å². The largest absolute Gasteiger partial charge is 0.497 e. The third-order valence-corrected chi connectivity index (χ3v) is 5.84. The van der Waals surface area contributed by atoms with Gasteiger partial charge in [0.1, 0.15) is 17.4 Å². The van der Waals surface area contributed by atoms with Crippen molar-refractivity contribution >= 4 is 11.8 Å². The predicted octanol–water partition coefficient (Wildman–Crippen LogP) is 2.46. The molecule has 1 fully saturated rings. The minimum Gasteiger partial charge on any atom is -0.497 e. The van der Waals surface area contributed by atoms with Crippen LogP contribution in [0.3, 0.4) is 0 Å². The Morgan fingerprint density at radius 3 is 2.64 bits per heavy atom. The maximum absolute atomic E-state index is 13.2. The number of carbonyl (C=O) groups is 2. The number of fused-ring (bicyclic) bond motifs is 4. The molecular formula is C22H24N2O4. The molecule has 4 rings (SSSR count). The molecule has 0 unspecified atom stereocenters. The second-order valence-corrected chi connectivity index (χ2v) is 7.59. The van der Waals surface area contributed by atoms with E-state index in [1.807, 2.05) is 55.5 Å². The summed E-state index contributed by atoms with van der Waals surface area (Å²) < 4.78 is 11.4. The molecule has 0 aromatic heterocycles. The number of piperidine rings is 1. The van der Waals surface area contributed by atoms with Crippen LogP contribution in [0.25, 0.3) is 0 Å². The Kier molecular flexibility index (Phi) is 4.49. The molecule has 2 N–H and O–H groups in total. The number of carbonyl (C=O) groups excluding carboxylic acids is 2. The van der Waals surface area contributed by atoms with Crippen LogP contribution < -0.4 is 15.2 Å². The normalized spacial score (nSPS) is 25.6. The number of ether oxygens (including phenoxy) is 2. The third kappa shape index (κ3) is 2.99. The lowest BCUT2D eigenvalue weighted by molar-refractivity contribution is -0.175. The van der Waals surface area contributed by atoms with Crippen molar-refractivity contribution in [2.24, 2.45) is 11.7 Å². The molecular weight excluding hydrogens is 356 g/mol. The molecule has 2 bridgehead atoms. The van der Waals surface area contributed by atoms with E-state index in [1.54, 1.807) is 12.0 Å². The van der Waals surface area contributed by atoms with Crippen molar-refractivity contribution in [2.75, 3.05) is 13.7 Å². The van der Waals surface area contributed by atoms with Gasteiger partial charge in [-0.05, 0) is 42.7 Å². The summed E-state index contributed by atoms with van der Waals surface area (Å²) in [5.41, 5.74) is 6.81. The Morgan fingerprint density at radius 1 is 1.25 bits per heavy atom. The van der Waals surface area contributed by atoms with Gasteiger partial charge in [-0.2, -0.15) is 0 Å². The van der Waals surface area contributed by atoms with E-state index in [9.17, 15) is 9.59 Å². The maximum Gasteiger partial charge on any atom is 0.238 e. The first kappa shape index (κ1) is 18.3. The molecule has 0 spiro atoms. The number of rotatable bonds is 5. The number of para-hydroxylation sites is 1. The molecule has 2 aromatic carbocycles. The minimum atomic E-state index is -0.867. The number of hydrogen-bond donors (Lipinski definition) is 1. The maximum atomic E-state index is 13.2. The van der Waals surface area contributed by atoms with Crippen molar-refractivity contribution in [3.05, 3.63) is 59.7 Å². The van der Waals surface area contributed by atoms with Crippen LogP contribution in [-0.4, -0.2) is 36.1 Å². The van der Waals surface area contributed by atoms with Crippen molar-refractivity contribution < 1.29 is 19.1 Å². The van der Waals surface area contributed by atoms with Crippen LogP contribution in [0.15, 0.2) is 48.5 Å². The molecule has 2 aliphatic heterocycles. The van der Waals surface area contributed by atoms with Gasteiger partial charge in [0.05, 0.1) is 7.11 Å². The second-order valence-electron chi connectivity index (χ2n) is 7.59. The first-order valence-electron chi connectivity index (χ1n) is 9.44. The lowest BCUT2D eigenvalue weighted by Crippen LogP contribution is -2.64. The van der Waals surface area contributed by atoms with Gasteiger partial charge in [0, 0.05) is 18.9 Å². The molecule has 0 aliphatic carbocycles. The van der Waals surface area contributed by atoms with Crippen molar-refractivity contribution in [3.63, 3.8) is 0 Å². The molecule has 2 heterocycles. The standard InChI is InChI=1S/C22H24N2O4/c1-22-13-17(16-5-3-4-6-18(16)28-22)19(20(23)25)21(26)24(22)12-11-14-7-9-15(27-2)10-8-14/h3-10,17,19H,11-13H2,1-2H3,(H2,23,25)/t17-,19-,22+/m0/s1. The van der Waals surface area contributed by atoms with Gasteiger partial charge >= 0.3 is 0 Å². The molecule has 146 valence electrons. The van der Waals surface area contributed by atoms with Gasteiger partial charge in [-0.25, -0.2) is 0 Å². The van der Waals surface area contributed by atoms with E-state index in [1.165, 1.54) is 0 Å². The molecule has 0 radical (unpaired) electrons. The number of nitrogens with two attached hydrogens (primary N) is 1. The molecule has 1 saturated heterocycles. The minimum absolute atomic E-state index is 0.253. The van der Waals surface area contributed by atoms with Crippen LogP contribution in [0.5, 0.6) is 11.5 Å². The van der Waals surface area contributed by atoms with Crippen LogP contribution in [0, 0.1) is 5.92 Å². The lowest BCUT2D eigenvalue weighted by atomic mass is 9.73. The molecule has 3 atom stereocenters. The summed E-state index contributed by atoms with van der Waals surface area (Å²) in [6, 6.07) is 15.3. The fourth-order valence-electron chi connectivity index (χ4n) is 4.41. The van der Waals surface area contributed by atoms with Gasteiger partial charge in [-0.3, -0.25) is 9.59 Å². The fraction of sp³-hybridized carbons (Fsp3) is 0.364. The van der Waals surface area contributed by atoms with Gasteiger partial charge in [-0.15, -0.1) is 0 Å². The number of amides is 2. The number of hydrogen-bond acceptors (Lipinski definition) is 4. The molecule has 2 aromatic rings. The first-order valence-corrected chi connectivity index (χ1v) is 9.44. The number of primary amides is 1. The average molecular weight is 380 g/mol. The van der Waals surface area contributed by atoms with Crippen LogP contribution >= 0.6 is 0 Å². The third-order valence-electron chi connectivity index (χ3n) is 5.84. The summed E-state index contributed by atoms with van der Waals surface area (Å²) in [5, 5.41) is 0. The van der Waals surface area contributed by atoms with E-state index >= 15 is 0 Å². The van der Waals surface area contributed by atoms with E-state index in [-0.39, 0.29) is 11.8 Å². The number of benzene rings is 2. The molecule has 2 amide bonds. The quantitative estimate of drug-likeness (QED) is 0.808. The molecule has 2 aliphatic rings. The van der Waals surface area contributed by atoms with E-state index < -0.39 is 17.6 Å². The SMILES string of the molecule is COc1ccc(CCN2C(=O)[C@H](C(N)=O)[C@H]3C[C@@]2(C)Oc2ccccc23)cc1. The summed E-state index contributed by atoms with van der Waals surface area (Å²) in [7, 11) is 1.63. The van der Waals surface area contributed by atoms with Gasteiger partial charge in [0.2, 0.25) is 11.8 Å². The van der Waals surface area contributed by atoms with E-state index in [4.69, 9.17) is 15.2 Å². The van der Waals surface area contributed by atoms with Crippen LogP contribution in [0.2, 0.25) is 0 Å². The zero-order valence-electron chi connectivity index (χ0n) is 16.1. The molecule has 6 heteroatoms. The fourth-order valence-corrected chi connectivity index (χ4v) is 4.41. The van der Waals surface area contributed by atoms with Crippen LogP contribution in [0.1, 0.15) is 30.4 Å². The van der Waals surface area contributed by atoms with Gasteiger partial charge in [0.15, 0.2) is 5.72 Å². The summed E-state index contributed by atoms with van der Waals surface area (Å²) in [6.07, 6.45) is 1.19. The van der Waals surface area contributed by atoms with Crippen LogP contribution in [-0.2, 0) is 16.0 Å². The Balaban J connectivity index is 1.63. The van der Waals surface area contributed by atoms with E-state index in [0.29, 0.717) is 19.4 Å². The lowest BCUT2D eigenvalue weighted by Gasteiger charge is -2.52. The van der Waals surface area contributed by atoms with Gasteiger partial charge in [-0.1, -0.05) is 30.3 Å². The molecule has 28 heavy (non-hydrogen) atoms. The number of methoxy groups -OCH3 is 1. The highest BCUT2D eigenvalue weighted by Crippen LogP contribution is 2.49. The van der Waals surface area contributed by atoms with Crippen molar-refractivity contribution in [1.29, 1.82) is 0 Å². The average Bonchev–Trinajstić information content (AvgIpc) is 2.67. The van der Waals surface area contributed by atoms with Crippen molar-refractivity contribution in [3.8, 4) is 11.5 Å². The first-order chi connectivity index (χ1) is 13.4. The number of nitrogens with zero attached hydrogens (tertiary/aromatic N) is 1. The zero-order valence-corrected chi connectivity index (χ0v) is 16.1. The Hall–Kier alpha value is -3.02. The molecule has 6 nitrogen and oxygen atoms in total. The van der Waals surface area contributed by atoms with Gasteiger partial charge in [0.25, 0.3) is 0 Å². The monoisotopic (exact) mass is 380 g/mol.